The second kappa shape index (κ2) is 8.26. The number of aliphatic carboxylic acids is 1. The molecule has 0 bridgehead atoms. The number of nitrogens with zero attached hydrogens (tertiary/aromatic N) is 1. The lowest BCUT2D eigenvalue weighted by molar-refractivity contribution is -0.136. The van der Waals surface area contributed by atoms with Crippen molar-refractivity contribution in [3.05, 3.63) is 64.1 Å². The van der Waals surface area contributed by atoms with Gasteiger partial charge in [-0.25, -0.2) is 5.43 Å². The van der Waals surface area contributed by atoms with Gasteiger partial charge in [-0.1, -0.05) is 34.1 Å². The van der Waals surface area contributed by atoms with Gasteiger partial charge in [-0.05, 0) is 35.9 Å². The molecule has 0 heterocycles. The third-order valence-electron chi connectivity index (χ3n) is 3.15. The fraction of sp³-hybridized carbons (Fsp3) is 0.118. The zero-order valence-electron chi connectivity index (χ0n) is 12.6. The Kier molecular flexibility index (Phi) is 6.08. The zero-order valence-corrected chi connectivity index (χ0v) is 14.2. The van der Waals surface area contributed by atoms with E-state index in [-0.39, 0.29) is 24.2 Å². The third kappa shape index (κ3) is 5.20. The molecule has 0 saturated carbocycles. The van der Waals surface area contributed by atoms with Crippen molar-refractivity contribution in [1.82, 2.24) is 5.43 Å². The molecule has 0 spiro atoms. The van der Waals surface area contributed by atoms with Crippen molar-refractivity contribution in [1.29, 1.82) is 0 Å². The predicted molar refractivity (Wildman–Crippen MR) is 93.1 cm³/mol. The van der Waals surface area contributed by atoms with Gasteiger partial charge in [0, 0.05) is 16.5 Å². The number of benzene rings is 2. The number of carboxylic acids is 1. The van der Waals surface area contributed by atoms with E-state index >= 15 is 0 Å². The molecule has 24 heavy (non-hydrogen) atoms. The van der Waals surface area contributed by atoms with Gasteiger partial charge in [-0.3, -0.25) is 9.59 Å². The van der Waals surface area contributed by atoms with Crippen molar-refractivity contribution in [2.45, 2.75) is 12.8 Å². The number of hydrazone groups is 1. The normalized spacial score (nSPS) is 11.1. The van der Waals surface area contributed by atoms with Gasteiger partial charge in [0.2, 0.25) is 0 Å². The monoisotopic (exact) mass is 390 g/mol. The van der Waals surface area contributed by atoms with E-state index < -0.39 is 11.9 Å². The SMILES string of the molecule is O=C(O)CC/C(=N/NC(=O)c1cccc(O)c1)c1ccc(Br)cc1. The Morgan fingerprint density at radius 1 is 1.04 bits per heavy atom. The first-order valence-corrected chi connectivity index (χ1v) is 7.88. The third-order valence-corrected chi connectivity index (χ3v) is 3.68. The lowest BCUT2D eigenvalue weighted by atomic mass is 10.1. The molecule has 6 nitrogen and oxygen atoms in total. The average Bonchev–Trinajstić information content (AvgIpc) is 2.55. The second-order valence-corrected chi connectivity index (χ2v) is 5.87. The minimum absolute atomic E-state index is 0.0226. The van der Waals surface area contributed by atoms with Crippen LogP contribution in [0.4, 0.5) is 0 Å². The van der Waals surface area contributed by atoms with Crippen LogP contribution in [0.15, 0.2) is 58.1 Å². The van der Waals surface area contributed by atoms with Gasteiger partial charge in [-0.15, -0.1) is 0 Å². The Bertz CT molecular complexity index is 772. The first kappa shape index (κ1) is 17.7. The molecule has 0 aliphatic carbocycles. The van der Waals surface area contributed by atoms with E-state index in [1.165, 1.54) is 12.1 Å². The summed E-state index contributed by atoms with van der Waals surface area (Å²) in [5.41, 5.74) is 3.83. The van der Waals surface area contributed by atoms with E-state index in [1.807, 2.05) is 12.1 Å². The fourth-order valence-electron chi connectivity index (χ4n) is 1.96. The van der Waals surface area contributed by atoms with Crippen LogP contribution in [0.5, 0.6) is 5.75 Å². The number of halogens is 1. The molecule has 7 heteroatoms. The van der Waals surface area contributed by atoms with Crippen molar-refractivity contribution in [3.8, 4) is 5.75 Å². The summed E-state index contributed by atoms with van der Waals surface area (Å²) in [6.45, 7) is 0. The molecule has 0 saturated heterocycles. The Morgan fingerprint density at radius 2 is 1.75 bits per heavy atom. The summed E-state index contributed by atoms with van der Waals surface area (Å²) in [5.74, 6) is -1.46. The van der Waals surface area contributed by atoms with Crippen molar-refractivity contribution in [2.75, 3.05) is 0 Å². The number of hydrogen-bond acceptors (Lipinski definition) is 4. The van der Waals surface area contributed by atoms with Crippen LogP contribution in [0.3, 0.4) is 0 Å². The fourth-order valence-corrected chi connectivity index (χ4v) is 2.23. The van der Waals surface area contributed by atoms with Crippen LogP contribution in [-0.2, 0) is 4.79 Å². The van der Waals surface area contributed by atoms with Crippen LogP contribution >= 0.6 is 15.9 Å². The van der Waals surface area contributed by atoms with Crippen molar-refractivity contribution in [2.24, 2.45) is 5.10 Å². The molecule has 3 N–H and O–H groups in total. The molecular weight excluding hydrogens is 376 g/mol. The van der Waals surface area contributed by atoms with Gasteiger partial charge in [0.15, 0.2) is 0 Å². The highest BCUT2D eigenvalue weighted by Gasteiger charge is 2.10. The summed E-state index contributed by atoms with van der Waals surface area (Å²) in [4.78, 5) is 22.9. The summed E-state index contributed by atoms with van der Waals surface area (Å²) < 4.78 is 0.882. The molecule has 0 aliphatic rings. The number of carboxylic acid groups (broad SMARTS) is 1. The molecule has 124 valence electrons. The number of carbonyl (C=O) groups excluding carboxylic acids is 1. The largest absolute Gasteiger partial charge is 0.508 e. The smallest absolute Gasteiger partial charge is 0.303 e. The Balaban J connectivity index is 2.19. The highest BCUT2D eigenvalue weighted by atomic mass is 79.9. The first-order valence-electron chi connectivity index (χ1n) is 7.09. The number of hydrogen-bond donors (Lipinski definition) is 3. The van der Waals surface area contributed by atoms with Crippen molar-refractivity contribution in [3.63, 3.8) is 0 Å². The number of nitrogens with one attached hydrogen (secondary N) is 1. The van der Waals surface area contributed by atoms with E-state index in [0.717, 1.165) is 10.0 Å². The number of rotatable bonds is 6. The number of carbonyl (C=O) groups is 2. The lowest BCUT2D eigenvalue weighted by Gasteiger charge is -2.07. The summed E-state index contributed by atoms with van der Waals surface area (Å²) in [6.07, 6.45) is 0.0776. The topological polar surface area (TPSA) is 99.0 Å². The Morgan fingerprint density at radius 3 is 2.38 bits per heavy atom. The number of amides is 1. The molecule has 0 aliphatic heterocycles. The van der Waals surface area contributed by atoms with Gasteiger partial charge in [0.05, 0.1) is 12.1 Å². The highest BCUT2D eigenvalue weighted by molar-refractivity contribution is 9.10. The lowest BCUT2D eigenvalue weighted by Crippen LogP contribution is -2.20. The zero-order chi connectivity index (χ0) is 17.5. The average molecular weight is 391 g/mol. The van der Waals surface area contributed by atoms with Gasteiger partial charge < -0.3 is 10.2 Å². The van der Waals surface area contributed by atoms with Crippen molar-refractivity contribution < 1.29 is 19.8 Å². The summed E-state index contributed by atoms with van der Waals surface area (Å²) in [6, 6.07) is 13.1. The molecule has 0 unspecified atom stereocenters. The van der Waals surface area contributed by atoms with E-state index in [4.69, 9.17) is 5.11 Å². The summed E-state index contributed by atoms with van der Waals surface area (Å²) >= 11 is 3.33. The quantitative estimate of drug-likeness (QED) is 0.520. The van der Waals surface area contributed by atoms with Crippen LogP contribution in [0.2, 0.25) is 0 Å². The molecule has 2 aromatic rings. The molecule has 0 fully saturated rings. The maximum Gasteiger partial charge on any atom is 0.303 e. The molecule has 1 amide bonds. The maximum absolute atomic E-state index is 12.1. The van der Waals surface area contributed by atoms with Gasteiger partial charge in [-0.2, -0.15) is 5.10 Å². The van der Waals surface area contributed by atoms with Crippen LogP contribution in [-0.4, -0.2) is 27.8 Å². The number of phenols is 1. The predicted octanol–water partition coefficient (Wildman–Crippen LogP) is 3.15. The summed E-state index contributed by atoms with van der Waals surface area (Å²) in [5, 5.41) is 22.3. The molecule has 0 aromatic heterocycles. The van der Waals surface area contributed by atoms with Gasteiger partial charge >= 0.3 is 5.97 Å². The first-order chi connectivity index (χ1) is 11.5. The van der Waals surface area contributed by atoms with Crippen LogP contribution < -0.4 is 5.43 Å². The molecule has 0 atom stereocenters. The van der Waals surface area contributed by atoms with Gasteiger partial charge in [0.25, 0.3) is 5.91 Å². The van der Waals surface area contributed by atoms with Crippen LogP contribution in [0.25, 0.3) is 0 Å². The second-order valence-electron chi connectivity index (χ2n) is 4.95. The molecule has 0 radical (unpaired) electrons. The van der Waals surface area contributed by atoms with E-state index in [9.17, 15) is 14.7 Å². The minimum Gasteiger partial charge on any atom is -0.508 e. The Hall–Kier alpha value is -2.67. The molecule has 2 rings (SSSR count). The summed E-state index contributed by atoms with van der Waals surface area (Å²) in [7, 11) is 0. The minimum atomic E-state index is -0.945. The van der Waals surface area contributed by atoms with Crippen LogP contribution in [0.1, 0.15) is 28.8 Å². The Labute approximate surface area is 147 Å². The van der Waals surface area contributed by atoms with E-state index in [0.29, 0.717) is 5.71 Å². The highest BCUT2D eigenvalue weighted by Crippen LogP contribution is 2.14. The van der Waals surface area contributed by atoms with E-state index in [1.54, 1.807) is 24.3 Å². The van der Waals surface area contributed by atoms with Gasteiger partial charge in [0.1, 0.15) is 5.75 Å². The van der Waals surface area contributed by atoms with Crippen molar-refractivity contribution >= 4 is 33.5 Å². The number of phenolic OH excluding ortho intramolecular Hbond substituents is 1. The molecular formula is C17H15BrN2O4. The maximum atomic E-state index is 12.1. The van der Waals surface area contributed by atoms with Crippen LogP contribution in [0, 0.1) is 0 Å². The molecule has 2 aromatic carbocycles. The van der Waals surface area contributed by atoms with E-state index in [2.05, 4.69) is 26.5 Å². The number of aromatic hydroxyl groups is 1. The standard InChI is InChI=1S/C17H15BrN2O4/c18-13-6-4-11(5-7-13)15(8-9-16(22)23)19-20-17(24)12-2-1-3-14(21)10-12/h1-7,10,21H,8-9H2,(H,20,24)(H,22,23)/b19-15-.